The highest BCUT2D eigenvalue weighted by Gasteiger charge is 2.06. The molecule has 2 heterocycles. The van der Waals surface area contributed by atoms with Gasteiger partial charge in [-0.3, -0.25) is 4.79 Å². The second-order valence-electron chi connectivity index (χ2n) is 5.77. The molecule has 1 N–H and O–H groups in total. The molecule has 0 atom stereocenters. The number of carbonyl (C=O) groups is 1. The highest BCUT2D eigenvalue weighted by atomic mass is 16.5. The lowest BCUT2D eigenvalue weighted by atomic mass is 10.1. The molecule has 2 aromatic heterocycles. The lowest BCUT2D eigenvalue weighted by Gasteiger charge is -2.06. The number of imidazole rings is 1. The van der Waals surface area contributed by atoms with Gasteiger partial charge in [-0.15, -0.1) is 0 Å². The van der Waals surface area contributed by atoms with Gasteiger partial charge < -0.3 is 19.2 Å². The summed E-state index contributed by atoms with van der Waals surface area (Å²) in [5.74, 6) is -0.188. The third-order valence-corrected chi connectivity index (χ3v) is 3.75. The molecule has 0 aliphatic rings. The van der Waals surface area contributed by atoms with E-state index in [1.807, 2.05) is 60.1 Å². The number of aryl methyl sites for hydroxylation is 1. The molecule has 1 amide bonds. The van der Waals surface area contributed by atoms with Gasteiger partial charge in [0, 0.05) is 30.8 Å². The van der Waals surface area contributed by atoms with Gasteiger partial charge in [0.2, 0.25) is 5.91 Å². The summed E-state index contributed by atoms with van der Waals surface area (Å²) in [6, 6.07) is 11.7. The van der Waals surface area contributed by atoms with Gasteiger partial charge in [-0.05, 0) is 36.8 Å². The van der Waals surface area contributed by atoms with Gasteiger partial charge in [0.25, 0.3) is 0 Å². The number of methoxy groups -OCH3 is 1. The molecular formula is C19H21N3O3. The van der Waals surface area contributed by atoms with E-state index >= 15 is 0 Å². The Morgan fingerprint density at radius 1 is 1.20 bits per heavy atom. The largest absolute Gasteiger partial charge is 0.382 e. The van der Waals surface area contributed by atoms with Crippen molar-refractivity contribution in [3.05, 3.63) is 54.4 Å². The highest BCUT2D eigenvalue weighted by Crippen LogP contribution is 2.21. The van der Waals surface area contributed by atoms with E-state index in [1.54, 1.807) is 7.11 Å². The van der Waals surface area contributed by atoms with E-state index in [1.165, 1.54) is 5.56 Å². The average Bonchev–Trinajstić information content (AvgIpc) is 3.02. The molecule has 0 unspecified atom stereocenters. The van der Waals surface area contributed by atoms with Gasteiger partial charge in [0.1, 0.15) is 12.3 Å². The Hall–Kier alpha value is -2.70. The van der Waals surface area contributed by atoms with E-state index in [0.717, 1.165) is 22.6 Å². The molecule has 0 radical (unpaired) electrons. The number of amides is 1. The Balaban J connectivity index is 1.64. The predicted octanol–water partition coefficient (Wildman–Crippen LogP) is 2.91. The summed E-state index contributed by atoms with van der Waals surface area (Å²) in [5.41, 5.74) is 4.71. The molecule has 25 heavy (non-hydrogen) atoms. The number of fused-ring (bicyclic) bond motifs is 1. The fourth-order valence-electron chi connectivity index (χ4n) is 2.45. The quantitative estimate of drug-likeness (QED) is 0.672. The van der Waals surface area contributed by atoms with Crippen molar-refractivity contribution in [2.45, 2.75) is 6.92 Å². The summed E-state index contributed by atoms with van der Waals surface area (Å²) in [5, 5.41) is 2.80. The number of carbonyl (C=O) groups excluding carboxylic acids is 1. The first-order valence-electron chi connectivity index (χ1n) is 8.08. The van der Waals surface area contributed by atoms with Gasteiger partial charge >= 0.3 is 0 Å². The van der Waals surface area contributed by atoms with Crippen molar-refractivity contribution in [1.82, 2.24) is 9.38 Å². The van der Waals surface area contributed by atoms with Crippen molar-refractivity contribution in [3.8, 4) is 11.3 Å². The predicted molar refractivity (Wildman–Crippen MR) is 96.7 cm³/mol. The molecule has 0 bridgehead atoms. The van der Waals surface area contributed by atoms with Crippen molar-refractivity contribution in [1.29, 1.82) is 0 Å². The van der Waals surface area contributed by atoms with E-state index in [0.29, 0.717) is 13.2 Å². The third kappa shape index (κ3) is 4.43. The third-order valence-electron chi connectivity index (χ3n) is 3.75. The maximum atomic E-state index is 11.8. The summed E-state index contributed by atoms with van der Waals surface area (Å²) >= 11 is 0. The molecule has 6 heteroatoms. The molecule has 0 aliphatic heterocycles. The Bertz CT molecular complexity index is 856. The second-order valence-corrected chi connectivity index (χ2v) is 5.77. The Morgan fingerprint density at radius 2 is 2.00 bits per heavy atom. The lowest BCUT2D eigenvalue weighted by molar-refractivity contribution is -0.121. The zero-order valence-electron chi connectivity index (χ0n) is 14.4. The number of rotatable bonds is 7. The Morgan fingerprint density at radius 3 is 2.76 bits per heavy atom. The second kappa shape index (κ2) is 7.92. The van der Waals surface area contributed by atoms with Gasteiger partial charge in [-0.25, -0.2) is 4.98 Å². The highest BCUT2D eigenvalue weighted by molar-refractivity contribution is 5.91. The number of ether oxygens (including phenoxy) is 2. The van der Waals surface area contributed by atoms with Crippen LogP contribution in [0.3, 0.4) is 0 Å². The van der Waals surface area contributed by atoms with E-state index in [9.17, 15) is 4.79 Å². The van der Waals surface area contributed by atoms with Gasteiger partial charge in [-0.1, -0.05) is 12.1 Å². The molecule has 130 valence electrons. The molecule has 1 aromatic carbocycles. The van der Waals surface area contributed by atoms with Gasteiger partial charge in [-0.2, -0.15) is 0 Å². The Labute approximate surface area is 146 Å². The van der Waals surface area contributed by atoms with Crippen LogP contribution in [0.1, 0.15) is 5.56 Å². The summed E-state index contributed by atoms with van der Waals surface area (Å²) in [7, 11) is 1.59. The fraction of sp³-hybridized carbons (Fsp3) is 0.263. The topological polar surface area (TPSA) is 64.9 Å². The maximum Gasteiger partial charge on any atom is 0.250 e. The summed E-state index contributed by atoms with van der Waals surface area (Å²) in [4.78, 5) is 16.4. The number of benzene rings is 1. The van der Waals surface area contributed by atoms with Crippen LogP contribution in [-0.4, -0.2) is 42.2 Å². The number of hydrogen-bond donors (Lipinski definition) is 1. The molecular weight excluding hydrogens is 318 g/mol. The first-order chi connectivity index (χ1) is 12.2. The number of anilines is 1. The summed E-state index contributed by atoms with van der Waals surface area (Å²) in [6.45, 7) is 2.93. The summed E-state index contributed by atoms with van der Waals surface area (Å²) < 4.78 is 12.1. The standard InChI is InChI=1S/C19H21N3O3/c1-14-7-8-22-12-17(21-18(22)11-14)15-3-5-16(6-4-15)20-19(23)13-25-10-9-24-2/h3-8,11-12H,9-10,13H2,1-2H3,(H,20,23). The van der Waals surface area contributed by atoms with Crippen molar-refractivity contribution >= 4 is 17.2 Å². The molecule has 0 fully saturated rings. The molecule has 3 aromatic rings. The normalized spacial score (nSPS) is 11.0. The monoisotopic (exact) mass is 339 g/mol. The van der Waals surface area contributed by atoms with Gasteiger partial charge in [0.05, 0.1) is 18.9 Å². The molecule has 6 nitrogen and oxygen atoms in total. The zero-order chi connectivity index (χ0) is 17.6. The van der Waals surface area contributed by atoms with Crippen LogP contribution in [0.25, 0.3) is 16.9 Å². The number of nitrogens with one attached hydrogen (secondary N) is 1. The first kappa shape index (κ1) is 17.1. The molecule has 3 rings (SSSR count). The minimum Gasteiger partial charge on any atom is -0.382 e. The van der Waals surface area contributed by atoms with Crippen LogP contribution < -0.4 is 5.32 Å². The van der Waals surface area contributed by atoms with Crippen LogP contribution in [0.5, 0.6) is 0 Å². The van der Waals surface area contributed by atoms with Crippen LogP contribution in [0.2, 0.25) is 0 Å². The zero-order valence-corrected chi connectivity index (χ0v) is 14.4. The van der Waals surface area contributed by atoms with Crippen molar-refractivity contribution in [2.24, 2.45) is 0 Å². The first-order valence-corrected chi connectivity index (χ1v) is 8.08. The molecule has 0 spiro atoms. The number of pyridine rings is 1. The Kier molecular flexibility index (Phi) is 5.42. The molecule has 0 aliphatic carbocycles. The number of aromatic nitrogens is 2. The number of nitrogens with zero attached hydrogens (tertiary/aromatic N) is 2. The van der Waals surface area contributed by atoms with Crippen LogP contribution >= 0.6 is 0 Å². The van der Waals surface area contributed by atoms with E-state index < -0.39 is 0 Å². The van der Waals surface area contributed by atoms with E-state index in [-0.39, 0.29) is 12.5 Å². The van der Waals surface area contributed by atoms with Crippen LogP contribution in [0.15, 0.2) is 48.8 Å². The van der Waals surface area contributed by atoms with Crippen LogP contribution in [0.4, 0.5) is 5.69 Å². The van der Waals surface area contributed by atoms with Gasteiger partial charge in [0.15, 0.2) is 0 Å². The number of hydrogen-bond acceptors (Lipinski definition) is 4. The smallest absolute Gasteiger partial charge is 0.250 e. The SMILES string of the molecule is COCCOCC(=O)Nc1ccc(-c2cn3ccc(C)cc3n2)cc1. The lowest BCUT2D eigenvalue weighted by Crippen LogP contribution is -2.19. The molecule has 0 saturated carbocycles. The summed E-state index contributed by atoms with van der Waals surface area (Å²) in [6.07, 6.45) is 3.99. The average molecular weight is 339 g/mol. The van der Waals surface area contributed by atoms with Crippen molar-refractivity contribution in [3.63, 3.8) is 0 Å². The fourth-order valence-corrected chi connectivity index (χ4v) is 2.45. The van der Waals surface area contributed by atoms with E-state index in [2.05, 4.69) is 10.3 Å². The maximum absolute atomic E-state index is 11.8. The molecule has 0 saturated heterocycles. The van der Waals surface area contributed by atoms with Crippen LogP contribution in [-0.2, 0) is 14.3 Å². The van der Waals surface area contributed by atoms with E-state index in [4.69, 9.17) is 9.47 Å². The van der Waals surface area contributed by atoms with Crippen molar-refractivity contribution < 1.29 is 14.3 Å². The van der Waals surface area contributed by atoms with Crippen molar-refractivity contribution in [2.75, 3.05) is 32.2 Å². The van der Waals surface area contributed by atoms with Crippen LogP contribution in [0, 0.1) is 6.92 Å². The minimum absolute atomic E-state index is 0.0108. The minimum atomic E-state index is -0.188.